The van der Waals surface area contributed by atoms with E-state index in [2.05, 4.69) is 10.6 Å². The molecule has 7 heteroatoms. The van der Waals surface area contributed by atoms with Gasteiger partial charge in [0.15, 0.2) is 0 Å². The van der Waals surface area contributed by atoms with Crippen molar-refractivity contribution in [2.24, 2.45) is 0 Å². The van der Waals surface area contributed by atoms with E-state index >= 15 is 0 Å². The van der Waals surface area contributed by atoms with Crippen molar-refractivity contribution in [1.82, 2.24) is 10.6 Å². The van der Waals surface area contributed by atoms with Crippen molar-refractivity contribution in [3.05, 3.63) is 81.4 Å². The minimum Gasteiger partial charge on any atom is -0.355 e. The van der Waals surface area contributed by atoms with Crippen molar-refractivity contribution >= 4 is 23.6 Å². The molecule has 2 N–H and O–H groups in total. The van der Waals surface area contributed by atoms with E-state index in [1.54, 1.807) is 43.4 Å². The first-order chi connectivity index (χ1) is 12.0. The molecular formula is C18H17N3O4. The van der Waals surface area contributed by atoms with Gasteiger partial charge in [-0.2, -0.15) is 0 Å². The van der Waals surface area contributed by atoms with Crippen LogP contribution in [-0.4, -0.2) is 23.8 Å². The van der Waals surface area contributed by atoms with Crippen LogP contribution in [0.5, 0.6) is 0 Å². The summed E-state index contributed by atoms with van der Waals surface area (Å²) in [6.07, 6.45) is 2.83. The zero-order valence-corrected chi connectivity index (χ0v) is 13.6. The highest BCUT2D eigenvalue weighted by molar-refractivity contribution is 5.94. The van der Waals surface area contributed by atoms with Crippen molar-refractivity contribution in [3.8, 4) is 0 Å². The van der Waals surface area contributed by atoms with E-state index in [-0.39, 0.29) is 17.5 Å². The number of nitrogens with one attached hydrogen (secondary N) is 2. The highest BCUT2D eigenvalue weighted by Crippen LogP contribution is 2.14. The summed E-state index contributed by atoms with van der Waals surface area (Å²) in [6, 6.07) is 12.9. The molecule has 128 valence electrons. The number of nitrogens with zero attached hydrogens (tertiary/aromatic N) is 1. The molecule has 0 saturated heterocycles. The molecule has 0 heterocycles. The average Bonchev–Trinajstić information content (AvgIpc) is 2.64. The van der Waals surface area contributed by atoms with Crippen LogP contribution in [0.25, 0.3) is 6.08 Å². The van der Waals surface area contributed by atoms with Crippen LogP contribution in [0, 0.1) is 10.1 Å². The molecule has 0 aliphatic carbocycles. The van der Waals surface area contributed by atoms with Crippen molar-refractivity contribution in [3.63, 3.8) is 0 Å². The molecule has 25 heavy (non-hydrogen) atoms. The average molecular weight is 339 g/mol. The van der Waals surface area contributed by atoms with E-state index in [0.717, 1.165) is 5.56 Å². The number of non-ortho nitro benzene ring substituents is 1. The summed E-state index contributed by atoms with van der Waals surface area (Å²) in [5.74, 6) is -0.489. The Balaban J connectivity index is 1.91. The first kappa shape index (κ1) is 17.9. The second kappa shape index (κ2) is 8.39. The maximum absolute atomic E-state index is 11.8. The van der Waals surface area contributed by atoms with Crippen LogP contribution in [0.1, 0.15) is 21.5 Å². The van der Waals surface area contributed by atoms with E-state index in [4.69, 9.17) is 0 Å². The van der Waals surface area contributed by atoms with Crippen molar-refractivity contribution in [2.45, 2.75) is 6.54 Å². The van der Waals surface area contributed by atoms with Crippen molar-refractivity contribution in [2.75, 3.05) is 7.05 Å². The van der Waals surface area contributed by atoms with Gasteiger partial charge in [0.25, 0.3) is 11.6 Å². The van der Waals surface area contributed by atoms with E-state index in [1.807, 2.05) is 0 Å². The number of carbonyl (C=O) groups excluding carboxylic acids is 2. The zero-order valence-electron chi connectivity index (χ0n) is 13.6. The van der Waals surface area contributed by atoms with Crippen LogP contribution >= 0.6 is 0 Å². The van der Waals surface area contributed by atoms with Crippen LogP contribution in [0.2, 0.25) is 0 Å². The van der Waals surface area contributed by atoms with Crippen LogP contribution in [0.4, 0.5) is 5.69 Å². The Kier molecular flexibility index (Phi) is 6.00. The Bertz CT molecular complexity index is 813. The van der Waals surface area contributed by atoms with E-state index < -0.39 is 4.92 Å². The summed E-state index contributed by atoms with van der Waals surface area (Å²) >= 11 is 0. The highest BCUT2D eigenvalue weighted by Gasteiger charge is 2.05. The van der Waals surface area contributed by atoms with Crippen LogP contribution in [-0.2, 0) is 11.3 Å². The Morgan fingerprint density at radius 3 is 2.52 bits per heavy atom. The van der Waals surface area contributed by atoms with Crippen molar-refractivity contribution < 1.29 is 14.5 Å². The molecule has 0 bridgehead atoms. The number of nitro benzene ring substituents is 1. The second-order valence-electron chi connectivity index (χ2n) is 5.18. The van der Waals surface area contributed by atoms with Gasteiger partial charge in [0.05, 0.1) is 4.92 Å². The number of rotatable bonds is 6. The van der Waals surface area contributed by atoms with Gasteiger partial charge >= 0.3 is 0 Å². The molecule has 2 rings (SSSR count). The quantitative estimate of drug-likeness (QED) is 0.479. The topological polar surface area (TPSA) is 101 Å². The molecule has 0 unspecified atom stereocenters. The summed E-state index contributed by atoms with van der Waals surface area (Å²) < 4.78 is 0. The third-order valence-corrected chi connectivity index (χ3v) is 3.42. The summed E-state index contributed by atoms with van der Waals surface area (Å²) in [5, 5.41) is 16.0. The molecule has 2 amide bonds. The maximum Gasteiger partial charge on any atom is 0.270 e. The number of hydrogen-bond donors (Lipinski definition) is 2. The van der Waals surface area contributed by atoms with Gasteiger partial charge in [-0.1, -0.05) is 24.3 Å². The van der Waals surface area contributed by atoms with Gasteiger partial charge in [-0.15, -0.1) is 0 Å². The van der Waals surface area contributed by atoms with Gasteiger partial charge in [-0.25, -0.2) is 0 Å². The highest BCUT2D eigenvalue weighted by atomic mass is 16.6. The third kappa shape index (κ3) is 5.28. The van der Waals surface area contributed by atoms with Gasteiger partial charge in [0.1, 0.15) is 0 Å². The summed E-state index contributed by atoms with van der Waals surface area (Å²) in [6.45, 7) is 0.312. The van der Waals surface area contributed by atoms with Gasteiger partial charge in [0.2, 0.25) is 5.91 Å². The summed E-state index contributed by atoms with van der Waals surface area (Å²) in [5.41, 5.74) is 1.94. The molecule has 0 aliphatic rings. The first-order valence-corrected chi connectivity index (χ1v) is 7.51. The van der Waals surface area contributed by atoms with E-state index in [1.165, 1.54) is 24.3 Å². The Labute approximate surface area is 144 Å². The SMILES string of the molecule is CNC(=O)c1ccc(CNC(=O)/C=C/c2cccc([N+](=O)[O-])c2)cc1. The molecule has 0 atom stereocenters. The number of nitro groups is 1. The van der Waals surface area contributed by atoms with Gasteiger partial charge in [-0.05, 0) is 29.3 Å². The molecule has 7 nitrogen and oxygen atoms in total. The lowest BCUT2D eigenvalue weighted by atomic mass is 10.1. The number of benzene rings is 2. The summed E-state index contributed by atoms with van der Waals surface area (Å²) in [7, 11) is 1.56. The molecule has 2 aromatic carbocycles. The first-order valence-electron chi connectivity index (χ1n) is 7.51. The van der Waals surface area contributed by atoms with Gasteiger partial charge < -0.3 is 10.6 Å². The lowest BCUT2D eigenvalue weighted by Gasteiger charge is -2.04. The van der Waals surface area contributed by atoms with Crippen molar-refractivity contribution in [1.29, 1.82) is 0 Å². The smallest absolute Gasteiger partial charge is 0.270 e. The number of amides is 2. The number of hydrogen-bond acceptors (Lipinski definition) is 4. The molecule has 0 radical (unpaired) electrons. The minimum atomic E-state index is -0.486. The van der Waals surface area contributed by atoms with Crippen LogP contribution < -0.4 is 10.6 Å². The largest absolute Gasteiger partial charge is 0.355 e. The van der Waals surface area contributed by atoms with Crippen LogP contribution in [0.15, 0.2) is 54.6 Å². The van der Waals surface area contributed by atoms with Gasteiger partial charge in [-0.3, -0.25) is 19.7 Å². The Morgan fingerprint density at radius 1 is 1.16 bits per heavy atom. The molecule has 0 aliphatic heterocycles. The monoisotopic (exact) mass is 339 g/mol. The normalized spacial score (nSPS) is 10.4. The fourth-order valence-electron chi connectivity index (χ4n) is 2.08. The fraction of sp³-hybridized carbons (Fsp3) is 0.111. The molecule has 0 saturated carbocycles. The summed E-state index contributed by atoms with van der Waals surface area (Å²) in [4.78, 5) is 33.5. The molecule has 2 aromatic rings. The molecule has 0 spiro atoms. The predicted octanol–water partition coefficient (Wildman–Crippen LogP) is 2.28. The van der Waals surface area contributed by atoms with Crippen LogP contribution in [0.3, 0.4) is 0 Å². The lowest BCUT2D eigenvalue weighted by Crippen LogP contribution is -2.20. The molecular weight excluding hydrogens is 322 g/mol. The standard InChI is InChI=1S/C18H17N3O4/c1-19-18(23)15-8-5-14(6-9-15)12-20-17(22)10-7-13-3-2-4-16(11-13)21(24)25/h2-11H,12H2,1H3,(H,19,23)(H,20,22)/b10-7+. The Hall–Kier alpha value is -3.48. The third-order valence-electron chi connectivity index (χ3n) is 3.42. The fourth-order valence-corrected chi connectivity index (χ4v) is 2.08. The zero-order chi connectivity index (χ0) is 18.2. The van der Waals surface area contributed by atoms with E-state index in [9.17, 15) is 19.7 Å². The Morgan fingerprint density at radius 2 is 1.88 bits per heavy atom. The second-order valence-corrected chi connectivity index (χ2v) is 5.18. The molecule has 0 fully saturated rings. The molecule has 0 aromatic heterocycles. The predicted molar refractivity (Wildman–Crippen MR) is 93.8 cm³/mol. The van der Waals surface area contributed by atoms with E-state index in [0.29, 0.717) is 17.7 Å². The number of carbonyl (C=O) groups is 2. The van der Waals surface area contributed by atoms with Gasteiger partial charge in [0, 0.05) is 37.4 Å². The lowest BCUT2D eigenvalue weighted by molar-refractivity contribution is -0.384. The minimum absolute atomic E-state index is 0.0289. The maximum atomic E-state index is 11.8.